The fraction of sp³-hybridized carbons (Fsp3) is 0.800. The van der Waals surface area contributed by atoms with E-state index in [0.717, 1.165) is 13.0 Å². The van der Waals surface area contributed by atoms with Crippen LogP contribution in [0.3, 0.4) is 0 Å². The van der Waals surface area contributed by atoms with Crippen LogP contribution in [0.25, 0.3) is 0 Å². The maximum Gasteiger partial charge on any atom is 0.212 e. The van der Waals surface area contributed by atoms with Crippen molar-refractivity contribution in [2.24, 2.45) is 0 Å². The van der Waals surface area contributed by atoms with Crippen molar-refractivity contribution in [2.45, 2.75) is 39.3 Å². The molecule has 0 amide bonds. The lowest BCUT2D eigenvalue weighted by Crippen LogP contribution is -2.28. The molecule has 8 heteroatoms. The van der Waals surface area contributed by atoms with Crippen molar-refractivity contribution >= 4 is 10.0 Å². The third-order valence-corrected chi connectivity index (χ3v) is 3.73. The Hall–Kier alpha value is -0.990. The van der Waals surface area contributed by atoms with Crippen LogP contribution in [-0.4, -0.2) is 41.9 Å². The van der Waals surface area contributed by atoms with Gasteiger partial charge >= 0.3 is 0 Å². The van der Waals surface area contributed by atoms with Gasteiger partial charge in [-0.05, 0) is 19.4 Å². The third-order valence-electron chi connectivity index (χ3n) is 2.32. The van der Waals surface area contributed by atoms with Crippen molar-refractivity contribution in [1.82, 2.24) is 25.2 Å². The molecular weight excluding hydrogens is 254 g/mol. The van der Waals surface area contributed by atoms with E-state index in [2.05, 4.69) is 39.1 Å². The Labute approximate surface area is 108 Å². The van der Waals surface area contributed by atoms with Crippen molar-refractivity contribution in [3.63, 3.8) is 0 Å². The van der Waals surface area contributed by atoms with Crippen LogP contribution < -0.4 is 10.0 Å². The fourth-order valence-electron chi connectivity index (χ4n) is 1.37. The quantitative estimate of drug-likeness (QED) is 0.551. The van der Waals surface area contributed by atoms with Gasteiger partial charge in [0, 0.05) is 6.04 Å². The van der Waals surface area contributed by atoms with Gasteiger partial charge in [0.25, 0.3) is 0 Å². The molecule has 104 valence electrons. The largest absolute Gasteiger partial charge is 0.315 e. The zero-order valence-corrected chi connectivity index (χ0v) is 11.6. The summed E-state index contributed by atoms with van der Waals surface area (Å²) in [5.41, 5.74) is 0. The zero-order chi connectivity index (χ0) is 13.4. The molecule has 0 bridgehead atoms. The summed E-state index contributed by atoms with van der Waals surface area (Å²) in [6.07, 6.45) is 2.84. The zero-order valence-electron chi connectivity index (χ0n) is 10.8. The van der Waals surface area contributed by atoms with Gasteiger partial charge in [0.15, 0.2) is 0 Å². The molecule has 1 aromatic rings. The molecule has 0 aliphatic carbocycles. The van der Waals surface area contributed by atoms with Gasteiger partial charge in [-0.1, -0.05) is 13.8 Å². The van der Waals surface area contributed by atoms with Gasteiger partial charge in [-0.3, -0.25) is 5.10 Å². The van der Waals surface area contributed by atoms with E-state index in [4.69, 9.17) is 0 Å². The third kappa shape index (κ3) is 6.67. The summed E-state index contributed by atoms with van der Waals surface area (Å²) < 4.78 is 25.7. The summed E-state index contributed by atoms with van der Waals surface area (Å²) >= 11 is 0. The first-order valence-corrected chi connectivity index (χ1v) is 7.70. The predicted octanol–water partition coefficient (Wildman–Crippen LogP) is 0.00230. The van der Waals surface area contributed by atoms with E-state index in [1.54, 1.807) is 0 Å². The van der Waals surface area contributed by atoms with E-state index < -0.39 is 10.0 Å². The number of H-pyrrole nitrogens is 1. The Bertz CT molecular complexity index is 415. The monoisotopic (exact) mass is 275 g/mol. The van der Waals surface area contributed by atoms with Crippen LogP contribution in [0.5, 0.6) is 0 Å². The number of unbranched alkanes of at least 4 members (excludes halogenated alkanes) is 1. The minimum atomic E-state index is -3.22. The molecule has 3 N–H and O–H groups in total. The maximum absolute atomic E-state index is 11.6. The Morgan fingerprint density at radius 2 is 2.17 bits per heavy atom. The smallest absolute Gasteiger partial charge is 0.212 e. The second kappa shape index (κ2) is 7.45. The van der Waals surface area contributed by atoms with Crippen molar-refractivity contribution < 1.29 is 8.42 Å². The van der Waals surface area contributed by atoms with Gasteiger partial charge in [-0.2, -0.15) is 5.10 Å². The van der Waals surface area contributed by atoms with Crippen LogP contribution in [0.1, 0.15) is 32.5 Å². The van der Waals surface area contributed by atoms with Crippen LogP contribution in [-0.2, 0) is 16.6 Å². The van der Waals surface area contributed by atoms with E-state index in [9.17, 15) is 8.42 Å². The fourth-order valence-corrected chi connectivity index (χ4v) is 2.46. The Morgan fingerprint density at radius 3 is 2.78 bits per heavy atom. The maximum atomic E-state index is 11.6. The van der Waals surface area contributed by atoms with Crippen LogP contribution >= 0.6 is 0 Å². The Balaban J connectivity index is 2.15. The number of hydrogen-bond donors (Lipinski definition) is 3. The molecule has 0 spiro atoms. The summed E-state index contributed by atoms with van der Waals surface area (Å²) in [5, 5.41) is 9.49. The summed E-state index contributed by atoms with van der Waals surface area (Å²) in [6, 6.07) is 0.436. The molecule has 0 saturated carbocycles. The second-order valence-electron chi connectivity index (χ2n) is 4.39. The molecular formula is C10H21N5O2S. The predicted molar refractivity (Wildman–Crippen MR) is 69.4 cm³/mol. The van der Waals surface area contributed by atoms with Gasteiger partial charge in [-0.25, -0.2) is 18.1 Å². The number of rotatable bonds is 9. The number of sulfonamides is 1. The molecule has 1 aromatic heterocycles. The van der Waals surface area contributed by atoms with E-state index in [1.165, 1.54) is 6.33 Å². The molecule has 7 nitrogen and oxygen atoms in total. The summed E-state index contributed by atoms with van der Waals surface area (Å²) in [6.45, 7) is 5.13. The second-order valence-corrected chi connectivity index (χ2v) is 6.31. The summed E-state index contributed by atoms with van der Waals surface area (Å²) in [4.78, 5) is 3.84. The normalized spacial score (nSPS) is 12.2. The van der Waals surface area contributed by atoms with E-state index in [1.807, 2.05) is 0 Å². The highest BCUT2D eigenvalue weighted by Crippen LogP contribution is 1.96. The van der Waals surface area contributed by atoms with Gasteiger partial charge in [-0.15, -0.1) is 0 Å². The number of hydrogen-bond acceptors (Lipinski definition) is 5. The molecule has 1 heterocycles. The minimum absolute atomic E-state index is 0.140. The molecule has 0 fully saturated rings. The molecule has 0 aromatic carbocycles. The molecule has 0 aliphatic rings. The van der Waals surface area contributed by atoms with Gasteiger partial charge in [0.1, 0.15) is 12.2 Å². The Kier molecular flexibility index (Phi) is 6.23. The molecule has 0 unspecified atom stereocenters. The molecule has 1 rings (SSSR count). The topological polar surface area (TPSA) is 99.8 Å². The van der Waals surface area contributed by atoms with Gasteiger partial charge < -0.3 is 5.32 Å². The van der Waals surface area contributed by atoms with Crippen molar-refractivity contribution in [3.8, 4) is 0 Å². The lowest BCUT2D eigenvalue weighted by Gasteiger charge is -2.08. The number of nitrogens with one attached hydrogen (secondary N) is 3. The standard InChI is InChI=1S/C10H21N5O2S/c1-9(2)11-5-3-4-6-18(16,17)14-7-10-12-8-13-15-10/h8-9,11,14H,3-7H2,1-2H3,(H,12,13,15). The Morgan fingerprint density at radius 1 is 1.39 bits per heavy atom. The number of nitrogens with zero attached hydrogens (tertiary/aromatic N) is 2. The van der Waals surface area contributed by atoms with Crippen LogP contribution in [0, 0.1) is 0 Å². The molecule has 18 heavy (non-hydrogen) atoms. The van der Waals surface area contributed by atoms with Crippen molar-refractivity contribution in [2.75, 3.05) is 12.3 Å². The molecule has 0 atom stereocenters. The van der Waals surface area contributed by atoms with E-state index >= 15 is 0 Å². The van der Waals surface area contributed by atoms with Crippen LogP contribution in [0.4, 0.5) is 0 Å². The van der Waals surface area contributed by atoms with Gasteiger partial charge in [0.2, 0.25) is 10.0 Å². The molecule has 0 aliphatic heterocycles. The first-order chi connectivity index (χ1) is 8.49. The summed E-state index contributed by atoms with van der Waals surface area (Å²) in [7, 11) is -3.22. The summed E-state index contributed by atoms with van der Waals surface area (Å²) in [5.74, 6) is 0.654. The lowest BCUT2D eigenvalue weighted by molar-refractivity contribution is 0.554. The average molecular weight is 275 g/mol. The number of aromatic amines is 1. The highest BCUT2D eigenvalue weighted by molar-refractivity contribution is 7.89. The minimum Gasteiger partial charge on any atom is -0.315 e. The van der Waals surface area contributed by atoms with Crippen molar-refractivity contribution in [1.29, 1.82) is 0 Å². The van der Waals surface area contributed by atoms with E-state index in [0.29, 0.717) is 18.3 Å². The highest BCUT2D eigenvalue weighted by atomic mass is 32.2. The average Bonchev–Trinajstić information content (AvgIpc) is 2.78. The first kappa shape index (κ1) is 15.1. The number of aromatic nitrogens is 3. The van der Waals surface area contributed by atoms with Crippen molar-refractivity contribution in [3.05, 3.63) is 12.2 Å². The highest BCUT2D eigenvalue weighted by Gasteiger charge is 2.10. The molecule has 0 saturated heterocycles. The van der Waals surface area contributed by atoms with Crippen LogP contribution in [0.2, 0.25) is 0 Å². The van der Waals surface area contributed by atoms with Crippen LogP contribution in [0.15, 0.2) is 6.33 Å². The first-order valence-electron chi connectivity index (χ1n) is 6.04. The van der Waals surface area contributed by atoms with E-state index in [-0.39, 0.29) is 12.3 Å². The lowest BCUT2D eigenvalue weighted by atomic mass is 10.3. The SMILES string of the molecule is CC(C)NCCCCS(=O)(=O)NCc1ncn[nH]1. The molecule has 0 radical (unpaired) electrons. The van der Waals surface area contributed by atoms with Gasteiger partial charge in [0.05, 0.1) is 12.3 Å².